The van der Waals surface area contributed by atoms with Crippen molar-refractivity contribution in [1.82, 2.24) is 4.90 Å². The zero-order chi connectivity index (χ0) is 22.1. The van der Waals surface area contributed by atoms with Gasteiger partial charge in [-0.2, -0.15) is 0 Å². The van der Waals surface area contributed by atoms with Gasteiger partial charge in [0.05, 0.1) is 24.4 Å². The van der Waals surface area contributed by atoms with Gasteiger partial charge in [-0.3, -0.25) is 4.79 Å². The smallest absolute Gasteiger partial charge is 0.256 e. The Labute approximate surface area is 189 Å². The summed E-state index contributed by atoms with van der Waals surface area (Å²) in [5.74, 6) is 1.58. The van der Waals surface area contributed by atoms with E-state index < -0.39 is 0 Å². The molecule has 1 aliphatic carbocycles. The Kier molecular flexibility index (Phi) is 5.44. The SMILES string of the molecule is COc1ccccc1C1Nc2c(C(=O)N(C)Cc3ccccc3)cccc2C2C=CCC21. The molecule has 1 heterocycles. The van der Waals surface area contributed by atoms with E-state index in [1.807, 2.05) is 61.6 Å². The number of hydrogen-bond donors (Lipinski definition) is 1. The molecule has 2 aliphatic rings. The molecule has 1 amide bonds. The third kappa shape index (κ3) is 3.56. The van der Waals surface area contributed by atoms with Gasteiger partial charge in [-0.15, -0.1) is 0 Å². The zero-order valence-corrected chi connectivity index (χ0v) is 18.5. The van der Waals surface area contributed by atoms with Crippen LogP contribution >= 0.6 is 0 Å². The number of carbonyl (C=O) groups is 1. The molecule has 4 nitrogen and oxygen atoms in total. The average molecular weight is 425 g/mol. The molecule has 0 aromatic heterocycles. The highest BCUT2D eigenvalue weighted by atomic mass is 16.5. The second-order valence-electron chi connectivity index (χ2n) is 8.63. The van der Waals surface area contributed by atoms with Gasteiger partial charge in [-0.25, -0.2) is 0 Å². The number of methoxy groups -OCH3 is 1. The second kappa shape index (κ2) is 8.54. The summed E-state index contributed by atoms with van der Waals surface area (Å²) in [6.07, 6.45) is 5.57. The number of fused-ring (bicyclic) bond motifs is 3. The number of hydrogen-bond acceptors (Lipinski definition) is 3. The van der Waals surface area contributed by atoms with Crippen molar-refractivity contribution in [3.8, 4) is 5.75 Å². The van der Waals surface area contributed by atoms with Crippen molar-refractivity contribution >= 4 is 11.6 Å². The number of amides is 1. The fraction of sp³-hybridized carbons (Fsp3) is 0.250. The van der Waals surface area contributed by atoms with Crippen LogP contribution in [0.2, 0.25) is 0 Å². The van der Waals surface area contributed by atoms with E-state index in [4.69, 9.17) is 4.74 Å². The van der Waals surface area contributed by atoms with E-state index >= 15 is 0 Å². The highest BCUT2D eigenvalue weighted by molar-refractivity contribution is 6.00. The van der Waals surface area contributed by atoms with Crippen molar-refractivity contribution in [3.63, 3.8) is 0 Å². The summed E-state index contributed by atoms with van der Waals surface area (Å²) in [7, 11) is 3.58. The van der Waals surface area contributed by atoms with E-state index in [-0.39, 0.29) is 17.9 Å². The molecular formula is C28H28N2O2. The minimum absolute atomic E-state index is 0.0254. The van der Waals surface area contributed by atoms with Crippen LogP contribution in [-0.4, -0.2) is 25.0 Å². The molecule has 1 N–H and O–H groups in total. The molecule has 5 rings (SSSR count). The summed E-state index contributed by atoms with van der Waals surface area (Å²) < 4.78 is 5.68. The minimum Gasteiger partial charge on any atom is -0.496 e. The van der Waals surface area contributed by atoms with E-state index in [9.17, 15) is 4.79 Å². The molecule has 0 bridgehead atoms. The van der Waals surface area contributed by atoms with Crippen LogP contribution < -0.4 is 10.1 Å². The van der Waals surface area contributed by atoms with Crippen LogP contribution in [0.15, 0.2) is 84.9 Å². The Morgan fingerprint density at radius 2 is 1.75 bits per heavy atom. The molecule has 4 heteroatoms. The van der Waals surface area contributed by atoms with Crippen molar-refractivity contribution in [2.24, 2.45) is 5.92 Å². The number of rotatable bonds is 5. The molecule has 0 saturated heterocycles. The van der Waals surface area contributed by atoms with Crippen LogP contribution in [0.3, 0.4) is 0 Å². The third-order valence-corrected chi connectivity index (χ3v) is 6.71. The highest BCUT2D eigenvalue weighted by Gasteiger charge is 2.40. The van der Waals surface area contributed by atoms with Gasteiger partial charge in [0.25, 0.3) is 5.91 Å². The lowest BCUT2D eigenvalue weighted by Crippen LogP contribution is -2.33. The Hall–Kier alpha value is -3.53. The summed E-state index contributed by atoms with van der Waals surface area (Å²) in [6.45, 7) is 0.575. The number of benzene rings is 3. The van der Waals surface area contributed by atoms with Gasteiger partial charge in [0.2, 0.25) is 0 Å². The summed E-state index contributed by atoms with van der Waals surface area (Å²) in [5.41, 5.74) is 5.13. The predicted octanol–water partition coefficient (Wildman–Crippen LogP) is 5.79. The molecule has 0 fully saturated rings. The van der Waals surface area contributed by atoms with Crippen molar-refractivity contribution in [2.75, 3.05) is 19.5 Å². The Morgan fingerprint density at radius 3 is 2.56 bits per heavy atom. The molecule has 3 atom stereocenters. The summed E-state index contributed by atoms with van der Waals surface area (Å²) in [5, 5.41) is 3.76. The van der Waals surface area contributed by atoms with Crippen LogP contribution in [0, 0.1) is 5.92 Å². The first-order valence-corrected chi connectivity index (χ1v) is 11.2. The van der Waals surface area contributed by atoms with Crippen LogP contribution in [0.5, 0.6) is 5.75 Å². The number of nitrogens with one attached hydrogen (secondary N) is 1. The van der Waals surface area contributed by atoms with Crippen LogP contribution in [0.25, 0.3) is 0 Å². The van der Waals surface area contributed by atoms with Gasteiger partial charge in [-0.1, -0.05) is 72.8 Å². The first-order valence-electron chi connectivity index (χ1n) is 11.2. The number of carbonyl (C=O) groups excluding carboxylic acids is 1. The Balaban J connectivity index is 1.52. The Bertz CT molecular complexity index is 1160. The average Bonchev–Trinajstić information content (AvgIpc) is 3.34. The minimum atomic E-state index is 0.0254. The second-order valence-corrected chi connectivity index (χ2v) is 8.63. The van der Waals surface area contributed by atoms with Gasteiger partial charge in [0.15, 0.2) is 0 Å². The van der Waals surface area contributed by atoms with E-state index in [1.165, 1.54) is 5.56 Å². The van der Waals surface area contributed by atoms with Gasteiger partial charge in [0, 0.05) is 25.1 Å². The van der Waals surface area contributed by atoms with Crippen LogP contribution in [-0.2, 0) is 6.54 Å². The molecule has 162 valence electrons. The topological polar surface area (TPSA) is 41.6 Å². The maximum Gasteiger partial charge on any atom is 0.256 e. The van der Waals surface area contributed by atoms with Crippen LogP contribution in [0.1, 0.15) is 45.4 Å². The fourth-order valence-electron chi connectivity index (χ4n) is 5.17. The van der Waals surface area contributed by atoms with Crippen molar-refractivity contribution in [2.45, 2.75) is 24.9 Å². The number of anilines is 1. The lowest BCUT2D eigenvalue weighted by atomic mass is 9.76. The molecule has 1 aliphatic heterocycles. The lowest BCUT2D eigenvalue weighted by Gasteiger charge is -2.39. The van der Waals surface area contributed by atoms with Crippen LogP contribution in [0.4, 0.5) is 5.69 Å². The molecule has 0 spiro atoms. The van der Waals surface area contributed by atoms with Gasteiger partial charge < -0.3 is 15.0 Å². The van der Waals surface area contributed by atoms with Gasteiger partial charge in [-0.05, 0) is 35.6 Å². The molecule has 3 aromatic rings. The molecule has 0 radical (unpaired) electrons. The maximum absolute atomic E-state index is 13.5. The zero-order valence-electron chi connectivity index (χ0n) is 18.5. The maximum atomic E-state index is 13.5. The highest BCUT2D eigenvalue weighted by Crippen LogP contribution is 2.52. The van der Waals surface area contributed by atoms with Crippen molar-refractivity contribution in [1.29, 1.82) is 0 Å². The van der Waals surface area contributed by atoms with Crippen molar-refractivity contribution in [3.05, 3.63) is 107 Å². The molecular weight excluding hydrogens is 396 g/mol. The third-order valence-electron chi connectivity index (χ3n) is 6.71. The summed E-state index contributed by atoms with van der Waals surface area (Å²) in [6, 6.07) is 24.5. The van der Waals surface area contributed by atoms with E-state index in [2.05, 4.69) is 35.7 Å². The summed E-state index contributed by atoms with van der Waals surface area (Å²) >= 11 is 0. The molecule has 32 heavy (non-hydrogen) atoms. The lowest BCUT2D eigenvalue weighted by molar-refractivity contribution is 0.0785. The number of nitrogens with zero attached hydrogens (tertiary/aromatic N) is 1. The number of ether oxygens (including phenoxy) is 1. The standard InChI is InChI=1S/C28H28N2O2/c1-30(18-19-10-4-3-5-11-19)28(31)24-16-9-15-22-20-13-8-14-21(20)26(29-27(22)24)23-12-6-7-17-25(23)32-2/h3-13,15-17,20-21,26,29H,14,18H2,1-2H3. The molecule has 3 unspecified atom stereocenters. The van der Waals surface area contributed by atoms with E-state index in [0.717, 1.165) is 34.5 Å². The normalized spacial score (nSPS) is 20.8. The van der Waals surface area contributed by atoms with Gasteiger partial charge >= 0.3 is 0 Å². The molecule has 0 saturated carbocycles. The van der Waals surface area contributed by atoms with Gasteiger partial charge in [0.1, 0.15) is 5.75 Å². The first kappa shape index (κ1) is 20.4. The van der Waals surface area contributed by atoms with Crippen molar-refractivity contribution < 1.29 is 9.53 Å². The largest absolute Gasteiger partial charge is 0.496 e. The fourth-order valence-corrected chi connectivity index (χ4v) is 5.17. The molecule has 3 aromatic carbocycles. The van der Waals surface area contributed by atoms with E-state index in [0.29, 0.717) is 12.5 Å². The predicted molar refractivity (Wildman–Crippen MR) is 128 cm³/mol. The first-order chi connectivity index (χ1) is 15.7. The number of para-hydroxylation sites is 2. The number of allylic oxidation sites excluding steroid dienone is 2. The monoisotopic (exact) mass is 424 g/mol. The summed E-state index contributed by atoms with van der Waals surface area (Å²) in [4.78, 5) is 15.3. The Morgan fingerprint density at radius 1 is 1.00 bits per heavy atom. The van der Waals surface area contributed by atoms with E-state index in [1.54, 1.807) is 12.0 Å². The quantitative estimate of drug-likeness (QED) is 0.527.